The Kier molecular flexibility index (Phi) is 12.0. The number of aliphatic hydroxyl groups excluding tert-OH is 1. The zero-order chi connectivity index (χ0) is 37.3. The standard InChI is InChI=1S/C21H35FO2.C21H33FO2.C2H7P/c2*1-12(23)19-18(22)10-17-16-5-4-13-11-20(2,24)8-6-14(13)15(16)7-9-21(17,19)3;1-3-2/h12-19,23-24H,4-11H2,1-3H3;13-19,24H,4-11H2,1-3H3;3H,1-2H3/t12?,13?,14-,15+,16+,17-,18+,19-,20+,21-;13?,14-,15+,16+,17-,18+,19-,20+,21-;/m00./s1. The van der Waals surface area contributed by atoms with Crippen molar-refractivity contribution < 1.29 is 28.9 Å². The number of fused-ring (bicyclic) bond motifs is 10. The smallest absolute Gasteiger partial charge is 0.136 e. The summed E-state index contributed by atoms with van der Waals surface area (Å²) in [5.41, 5.74) is -1.07. The molecule has 0 saturated heterocycles. The van der Waals surface area contributed by atoms with E-state index >= 15 is 0 Å². The van der Waals surface area contributed by atoms with E-state index in [4.69, 9.17) is 0 Å². The molecular formula is C44H75F2O4P. The van der Waals surface area contributed by atoms with Gasteiger partial charge in [-0.3, -0.25) is 4.79 Å². The van der Waals surface area contributed by atoms with Gasteiger partial charge in [0.15, 0.2) is 0 Å². The molecule has 0 aliphatic heterocycles. The fraction of sp³-hybridized carbons (Fsp3) is 0.977. The fourth-order valence-corrected chi connectivity index (χ4v) is 15.7. The van der Waals surface area contributed by atoms with E-state index in [0.717, 1.165) is 84.1 Å². The Morgan fingerprint density at radius 1 is 0.647 bits per heavy atom. The zero-order valence-corrected chi connectivity index (χ0v) is 34.5. The summed E-state index contributed by atoms with van der Waals surface area (Å²) in [6.45, 7) is 16.2. The average Bonchev–Trinajstić information content (AvgIpc) is 3.48. The van der Waals surface area contributed by atoms with Crippen LogP contribution in [0.25, 0.3) is 0 Å². The van der Waals surface area contributed by atoms with E-state index in [9.17, 15) is 28.9 Å². The van der Waals surface area contributed by atoms with Crippen molar-refractivity contribution in [1.82, 2.24) is 0 Å². The number of carbonyl (C=O) groups excluding carboxylic acids is 1. The summed E-state index contributed by atoms with van der Waals surface area (Å²) in [5, 5.41) is 31.1. The maximum atomic E-state index is 14.8. The van der Waals surface area contributed by atoms with E-state index < -0.39 is 29.6 Å². The van der Waals surface area contributed by atoms with Crippen LogP contribution in [-0.4, -0.2) is 64.1 Å². The van der Waals surface area contributed by atoms with Crippen LogP contribution in [0.5, 0.6) is 0 Å². The summed E-state index contributed by atoms with van der Waals surface area (Å²) in [6.07, 6.45) is 14.3. The highest BCUT2D eigenvalue weighted by atomic mass is 31.1. The van der Waals surface area contributed by atoms with Gasteiger partial charge in [0.05, 0.1) is 23.2 Å². The third-order valence-corrected chi connectivity index (χ3v) is 17.5. The molecule has 8 aliphatic rings. The van der Waals surface area contributed by atoms with Gasteiger partial charge in [0.2, 0.25) is 0 Å². The van der Waals surface area contributed by atoms with Crippen molar-refractivity contribution in [3.05, 3.63) is 0 Å². The van der Waals surface area contributed by atoms with Gasteiger partial charge < -0.3 is 15.3 Å². The molecule has 0 radical (unpaired) electrons. The van der Waals surface area contributed by atoms with Crippen LogP contribution in [0.3, 0.4) is 0 Å². The molecular weight excluding hydrogens is 661 g/mol. The van der Waals surface area contributed by atoms with Gasteiger partial charge in [0, 0.05) is 5.92 Å². The number of aliphatic hydroxyl groups is 3. The molecule has 294 valence electrons. The zero-order valence-electron chi connectivity index (χ0n) is 33.5. The Labute approximate surface area is 311 Å². The normalized spacial score (nSPS) is 54.7. The van der Waals surface area contributed by atoms with E-state index in [0.29, 0.717) is 54.3 Å². The van der Waals surface area contributed by atoms with Crippen LogP contribution in [0, 0.1) is 81.8 Å². The number of alkyl halides is 2. The molecule has 8 saturated carbocycles. The van der Waals surface area contributed by atoms with Crippen LogP contribution >= 0.6 is 8.58 Å². The first-order valence-electron chi connectivity index (χ1n) is 21.4. The minimum Gasteiger partial charge on any atom is -0.393 e. The lowest BCUT2D eigenvalue weighted by atomic mass is 9.49. The molecule has 8 rings (SSSR count). The molecule has 3 N–H and O–H groups in total. The van der Waals surface area contributed by atoms with Gasteiger partial charge in [-0.1, -0.05) is 13.8 Å². The Morgan fingerprint density at radius 2 is 1.06 bits per heavy atom. The monoisotopic (exact) mass is 737 g/mol. The van der Waals surface area contributed by atoms with Crippen molar-refractivity contribution >= 4 is 14.4 Å². The fourth-order valence-electron chi connectivity index (χ4n) is 15.7. The lowest BCUT2D eigenvalue weighted by Crippen LogP contribution is -2.51. The maximum absolute atomic E-state index is 14.8. The van der Waals surface area contributed by atoms with Crippen molar-refractivity contribution in [2.75, 3.05) is 13.3 Å². The SMILES string of the molecule is CC(=O)[C@H]1[C@H](F)C[C@H]2[C@@H]3CCC4C[C@](C)(O)CC[C@@H]4[C@H]3CC[C@@]21C.CC(O)[C@H]1[C@H](F)C[C@H]2[C@@H]3CCC4C[C@](C)(O)CC[C@@H]4[C@H]3CC[C@@]21C.CPC. The first-order chi connectivity index (χ1) is 23.9. The highest BCUT2D eigenvalue weighted by Crippen LogP contribution is 2.67. The maximum Gasteiger partial charge on any atom is 0.136 e. The van der Waals surface area contributed by atoms with E-state index in [1.54, 1.807) is 13.8 Å². The van der Waals surface area contributed by atoms with Gasteiger partial charge in [0.25, 0.3) is 0 Å². The molecule has 19 atom stereocenters. The number of rotatable bonds is 2. The van der Waals surface area contributed by atoms with E-state index in [2.05, 4.69) is 27.2 Å². The molecule has 8 fully saturated rings. The number of hydrogen-bond acceptors (Lipinski definition) is 4. The van der Waals surface area contributed by atoms with Gasteiger partial charge in [-0.05, 0) is 214 Å². The molecule has 3 unspecified atom stereocenters. The minimum atomic E-state index is -0.930. The number of hydrogen-bond donors (Lipinski definition) is 3. The average molecular weight is 737 g/mol. The van der Waals surface area contributed by atoms with Crippen LogP contribution in [0.15, 0.2) is 0 Å². The van der Waals surface area contributed by atoms with Gasteiger partial charge in [-0.25, -0.2) is 8.78 Å². The van der Waals surface area contributed by atoms with Gasteiger partial charge in [-0.2, -0.15) is 0 Å². The molecule has 7 heteroatoms. The quantitative estimate of drug-likeness (QED) is 0.247. The minimum absolute atomic E-state index is 0.0122. The van der Waals surface area contributed by atoms with Gasteiger partial charge in [-0.15, -0.1) is 8.58 Å². The Balaban J connectivity index is 0.000000163. The number of ketones is 1. The summed E-state index contributed by atoms with van der Waals surface area (Å²) in [4.78, 5) is 12.1. The van der Waals surface area contributed by atoms with Crippen LogP contribution in [0.2, 0.25) is 0 Å². The van der Waals surface area contributed by atoms with Crippen molar-refractivity contribution in [3.8, 4) is 0 Å². The lowest BCUT2D eigenvalue weighted by Gasteiger charge is -2.57. The highest BCUT2D eigenvalue weighted by Gasteiger charge is 2.63. The molecule has 4 nitrogen and oxygen atoms in total. The first kappa shape index (κ1) is 40.5. The summed E-state index contributed by atoms with van der Waals surface area (Å²) < 4.78 is 29.5. The van der Waals surface area contributed by atoms with E-state index in [1.165, 1.54) is 32.1 Å². The van der Waals surface area contributed by atoms with E-state index in [1.807, 2.05) is 13.8 Å². The van der Waals surface area contributed by atoms with Crippen molar-refractivity contribution in [3.63, 3.8) is 0 Å². The Morgan fingerprint density at radius 3 is 1.51 bits per heavy atom. The summed E-state index contributed by atoms with van der Waals surface area (Å²) in [7, 11) is 1.08. The second-order valence-electron chi connectivity index (χ2n) is 20.8. The second-order valence-corrected chi connectivity index (χ2v) is 21.8. The molecule has 0 aromatic carbocycles. The van der Waals surface area contributed by atoms with Crippen LogP contribution < -0.4 is 0 Å². The molecule has 51 heavy (non-hydrogen) atoms. The van der Waals surface area contributed by atoms with Crippen molar-refractivity contribution in [2.24, 2.45) is 81.8 Å². The van der Waals surface area contributed by atoms with Gasteiger partial charge >= 0.3 is 0 Å². The molecule has 8 aliphatic carbocycles. The van der Waals surface area contributed by atoms with Gasteiger partial charge in [0.1, 0.15) is 18.1 Å². The number of Topliss-reactive ketones (excluding diaryl/α,β-unsaturated/α-hetero) is 1. The molecule has 0 heterocycles. The predicted molar refractivity (Wildman–Crippen MR) is 206 cm³/mol. The molecule has 0 aromatic heterocycles. The number of halogens is 2. The molecule has 0 spiro atoms. The summed E-state index contributed by atoms with van der Waals surface area (Å²) in [5.74, 6) is 5.87. The Hall–Kier alpha value is -0.160. The Bertz CT molecular complexity index is 1230. The highest BCUT2D eigenvalue weighted by molar-refractivity contribution is 7.35. The third-order valence-electron chi connectivity index (χ3n) is 17.5. The third kappa shape index (κ3) is 7.44. The number of carbonyl (C=O) groups is 1. The summed E-state index contributed by atoms with van der Waals surface area (Å²) >= 11 is 0. The second kappa shape index (κ2) is 15.1. The van der Waals surface area contributed by atoms with E-state index in [-0.39, 0.29) is 28.4 Å². The first-order valence-corrected chi connectivity index (χ1v) is 23.4. The molecule has 0 amide bonds. The molecule has 0 aromatic rings. The van der Waals surface area contributed by atoms with Crippen LogP contribution in [-0.2, 0) is 4.79 Å². The van der Waals surface area contributed by atoms with Crippen LogP contribution in [0.1, 0.15) is 144 Å². The lowest BCUT2D eigenvalue weighted by molar-refractivity contribution is -0.131. The summed E-state index contributed by atoms with van der Waals surface area (Å²) in [6, 6.07) is 0. The van der Waals surface area contributed by atoms with Crippen molar-refractivity contribution in [1.29, 1.82) is 0 Å². The van der Waals surface area contributed by atoms with Crippen molar-refractivity contribution in [2.45, 2.75) is 174 Å². The largest absolute Gasteiger partial charge is 0.393 e. The topological polar surface area (TPSA) is 77.8 Å². The van der Waals surface area contributed by atoms with Crippen LogP contribution in [0.4, 0.5) is 8.78 Å². The predicted octanol–water partition coefficient (Wildman–Crippen LogP) is 9.80. The molecule has 0 bridgehead atoms.